The highest BCUT2D eigenvalue weighted by atomic mass is 19.1. The number of rotatable bonds is 2. The monoisotopic (exact) mass is 218 g/mol. The summed E-state index contributed by atoms with van der Waals surface area (Å²) < 4.78 is 13.0. The zero-order chi connectivity index (χ0) is 11.5. The molecule has 0 radical (unpaired) electrons. The van der Waals surface area contributed by atoms with Crippen LogP contribution in [0.1, 0.15) is 5.69 Å². The van der Waals surface area contributed by atoms with Crippen molar-refractivity contribution in [2.24, 2.45) is 5.73 Å². The number of hydrogen-bond acceptors (Lipinski definition) is 4. The predicted molar refractivity (Wildman–Crippen MR) is 59.7 cm³/mol. The number of hydrogen-bond donors (Lipinski definition) is 2. The molecular weight excluding hydrogens is 207 g/mol. The predicted octanol–water partition coefficient (Wildman–Crippen LogP) is 1.32. The molecule has 0 aliphatic carbocycles. The van der Waals surface area contributed by atoms with E-state index in [1.54, 1.807) is 18.2 Å². The normalized spacial score (nSPS) is 10.4. The Bertz CT molecular complexity index is 513. The van der Waals surface area contributed by atoms with Gasteiger partial charge in [0.25, 0.3) is 0 Å². The summed E-state index contributed by atoms with van der Waals surface area (Å²) in [7, 11) is 0. The molecule has 0 saturated heterocycles. The summed E-state index contributed by atoms with van der Waals surface area (Å²) in [6.45, 7) is 0.273. The average Bonchev–Trinajstić information content (AvgIpc) is 2.28. The number of anilines is 1. The maximum Gasteiger partial charge on any atom is 0.161 e. The van der Waals surface area contributed by atoms with Crippen molar-refractivity contribution in [3.8, 4) is 11.4 Å². The van der Waals surface area contributed by atoms with Gasteiger partial charge in [0, 0.05) is 18.2 Å². The summed E-state index contributed by atoms with van der Waals surface area (Å²) in [5.41, 5.74) is 12.3. The molecule has 0 saturated carbocycles. The molecule has 0 amide bonds. The molecule has 82 valence electrons. The highest BCUT2D eigenvalue weighted by Gasteiger charge is 2.05. The number of aromatic nitrogens is 2. The number of nitrogen functional groups attached to an aromatic ring is 1. The average molecular weight is 218 g/mol. The van der Waals surface area contributed by atoms with E-state index in [2.05, 4.69) is 9.97 Å². The van der Waals surface area contributed by atoms with Gasteiger partial charge in [-0.1, -0.05) is 12.1 Å². The second-order valence-corrected chi connectivity index (χ2v) is 3.32. The van der Waals surface area contributed by atoms with Gasteiger partial charge >= 0.3 is 0 Å². The van der Waals surface area contributed by atoms with E-state index >= 15 is 0 Å². The molecule has 1 aromatic heterocycles. The van der Waals surface area contributed by atoms with E-state index in [9.17, 15) is 4.39 Å². The summed E-state index contributed by atoms with van der Waals surface area (Å²) in [5, 5.41) is 0. The lowest BCUT2D eigenvalue weighted by atomic mass is 10.2. The Morgan fingerprint density at radius 1 is 1.19 bits per heavy atom. The summed E-state index contributed by atoms with van der Waals surface area (Å²) in [4.78, 5) is 8.22. The van der Waals surface area contributed by atoms with Crippen LogP contribution in [0.25, 0.3) is 11.4 Å². The lowest BCUT2D eigenvalue weighted by Gasteiger charge is -2.04. The van der Waals surface area contributed by atoms with Crippen molar-refractivity contribution in [3.63, 3.8) is 0 Å². The van der Waals surface area contributed by atoms with Crippen molar-refractivity contribution in [1.29, 1.82) is 0 Å². The first kappa shape index (κ1) is 10.5. The van der Waals surface area contributed by atoms with Crippen LogP contribution in [0.4, 0.5) is 10.2 Å². The van der Waals surface area contributed by atoms with E-state index in [4.69, 9.17) is 11.5 Å². The third-order valence-corrected chi connectivity index (χ3v) is 2.09. The minimum absolute atomic E-state index is 0.273. The minimum atomic E-state index is -0.335. The number of nitrogens with zero attached hydrogens (tertiary/aromatic N) is 2. The highest BCUT2D eigenvalue weighted by Crippen LogP contribution is 2.17. The summed E-state index contributed by atoms with van der Waals surface area (Å²) >= 11 is 0. The summed E-state index contributed by atoms with van der Waals surface area (Å²) in [6.07, 6.45) is 0. The van der Waals surface area contributed by atoms with Crippen molar-refractivity contribution in [2.75, 3.05) is 5.73 Å². The molecule has 0 aliphatic heterocycles. The van der Waals surface area contributed by atoms with Crippen molar-refractivity contribution >= 4 is 5.82 Å². The molecule has 0 fully saturated rings. The molecule has 4 N–H and O–H groups in total. The molecule has 0 bridgehead atoms. The molecule has 16 heavy (non-hydrogen) atoms. The van der Waals surface area contributed by atoms with Crippen LogP contribution in [-0.4, -0.2) is 9.97 Å². The molecule has 1 heterocycles. The van der Waals surface area contributed by atoms with Crippen LogP contribution in [0.15, 0.2) is 30.3 Å². The van der Waals surface area contributed by atoms with E-state index in [0.717, 1.165) is 0 Å². The summed E-state index contributed by atoms with van der Waals surface area (Å²) in [6, 6.07) is 7.63. The van der Waals surface area contributed by atoms with Crippen LogP contribution in [-0.2, 0) is 6.54 Å². The van der Waals surface area contributed by atoms with Crippen LogP contribution < -0.4 is 11.5 Å². The van der Waals surface area contributed by atoms with Crippen LogP contribution in [0.5, 0.6) is 0 Å². The fourth-order valence-electron chi connectivity index (χ4n) is 1.38. The van der Waals surface area contributed by atoms with Gasteiger partial charge in [0.1, 0.15) is 11.6 Å². The van der Waals surface area contributed by atoms with E-state index in [1.165, 1.54) is 12.1 Å². The molecule has 4 nitrogen and oxygen atoms in total. The van der Waals surface area contributed by atoms with Crippen molar-refractivity contribution in [1.82, 2.24) is 9.97 Å². The first-order valence-corrected chi connectivity index (χ1v) is 4.78. The molecule has 0 atom stereocenters. The maximum absolute atomic E-state index is 13.0. The van der Waals surface area contributed by atoms with Crippen LogP contribution in [0.2, 0.25) is 0 Å². The topological polar surface area (TPSA) is 77.8 Å². The van der Waals surface area contributed by atoms with Crippen LogP contribution in [0.3, 0.4) is 0 Å². The second kappa shape index (κ2) is 4.24. The van der Waals surface area contributed by atoms with E-state index in [-0.39, 0.29) is 12.4 Å². The third kappa shape index (κ3) is 2.14. The highest BCUT2D eigenvalue weighted by molar-refractivity contribution is 5.56. The lowest BCUT2D eigenvalue weighted by molar-refractivity contribution is 0.628. The molecule has 0 spiro atoms. The van der Waals surface area contributed by atoms with Gasteiger partial charge < -0.3 is 11.5 Å². The fraction of sp³-hybridized carbons (Fsp3) is 0.0909. The van der Waals surface area contributed by atoms with E-state index in [0.29, 0.717) is 22.9 Å². The van der Waals surface area contributed by atoms with Crippen LogP contribution >= 0.6 is 0 Å². The molecule has 1 aromatic carbocycles. The quantitative estimate of drug-likeness (QED) is 0.797. The van der Waals surface area contributed by atoms with Gasteiger partial charge in [-0.2, -0.15) is 0 Å². The van der Waals surface area contributed by atoms with Crippen LogP contribution in [0, 0.1) is 5.82 Å². The number of benzene rings is 1. The Hall–Kier alpha value is -2.01. The van der Waals surface area contributed by atoms with Crippen molar-refractivity contribution < 1.29 is 4.39 Å². The molecular formula is C11H11FN4. The number of halogens is 1. The van der Waals surface area contributed by atoms with E-state index in [1.807, 2.05) is 0 Å². The molecule has 5 heteroatoms. The largest absolute Gasteiger partial charge is 0.384 e. The zero-order valence-electron chi connectivity index (χ0n) is 8.52. The first-order chi connectivity index (χ1) is 7.69. The van der Waals surface area contributed by atoms with E-state index < -0.39 is 0 Å². The van der Waals surface area contributed by atoms with Crippen molar-refractivity contribution in [2.45, 2.75) is 6.54 Å². The minimum Gasteiger partial charge on any atom is -0.384 e. The van der Waals surface area contributed by atoms with Gasteiger partial charge in [0.15, 0.2) is 5.82 Å². The fourth-order valence-corrected chi connectivity index (χ4v) is 1.38. The lowest BCUT2D eigenvalue weighted by Crippen LogP contribution is -2.04. The smallest absolute Gasteiger partial charge is 0.161 e. The first-order valence-electron chi connectivity index (χ1n) is 4.78. The molecule has 0 unspecified atom stereocenters. The summed E-state index contributed by atoms with van der Waals surface area (Å²) in [5.74, 6) is 0.382. The molecule has 2 aromatic rings. The third-order valence-electron chi connectivity index (χ3n) is 2.09. The van der Waals surface area contributed by atoms with Gasteiger partial charge in [0.05, 0.1) is 5.69 Å². The Labute approximate surface area is 92.1 Å². The second-order valence-electron chi connectivity index (χ2n) is 3.32. The Morgan fingerprint density at radius 2 is 2.00 bits per heavy atom. The van der Waals surface area contributed by atoms with Gasteiger partial charge in [-0.05, 0) is 12.1 Å². The van der Waals surface area contributed by atoms with Gasteiger partial charge in [-0.25, -0.2) is 14.4 Å². The molecule has 2 rings (SSSR count). The Kier molecular flexibility index (Phi) is 2.78. The van der Waals surface area contributed by atoms with Gasteiger partial charge in [-0.3, -0.25) is 0 Å². The Balaban J connectivity index is 2.51. The standard InChI is InChI=1S/C11H11FN4/c12-8-3-1-2-7(4-8)11-15-9(6-13)5-10(14)16-11/h1-5H,6,13H2,(H2,14,15,16). The zero-order valence-corrected chi connectivity index (χ0v) is 8.52. The van der Waals surface area contributed by atoms with Gasteiger partial charge in [0.2, 0.25) is 0 Å². The SMILES string of the molecule is NCc1cc(N)nc(-c2cccc(F)c2)n1. The number of nitrogens with two attached hydrogens (primary N) is 2. The molecule has 0 aliphatic rings. The maximum atomic E-state index is 13.0. The van der Waals surface area contributed by atoms with Crippen molar-refractivity contribution in [3.05, 3.63) is 41.8 Å². The Morgan fingerprint density at radius 3 is 2.69 bits per heavy atom. The van der Waals surface area contributed by atoms with Gasteiger partial charge in [-0.15, -0.1) is 0 Å².